The molecule has 2 amide bonds. The molecular formula is C19H31N3O2. The first-order valence-electron chi connectivity index (χ1n) is 9.02. The lowest BCUT2D eigenvalue weighted by Crippen LogP contribution is -2.40. The number of nitrogens with zero attached hydrogens (tertiary/aromatic N) is 2. The van der Waals surface area contributed by atoms with Gasteiger partial charge >= 0.3 is 6.03 Å². The highest BCUT2D eigenvalue weighted by Gasteiger charge is 2.11. The molecule has 5 heteroatoms. The van der Waals surface area contributed by atoms with Crippen molar-refractivity contribution in [1.29, 1.82) is 0 Å². The second-order valence-corrected chi connectivity index (χ2v) is 6.90. The number of hydrogen-bond acceptors (Lipinski definition) is 3. The molecule has 0 aromatic heterocycles. The molecular weight excluding hydrogens is 302 g/mol. The van der Waals surface area contributed by atoms with Gasteiger partial charge in [-0.2, -0.15) is 0 Å². The first kappa shape index (κ1) is 18.7. The van der Waals surface area contributed by atoms with Gasteiger partial charge in [0.25, 0.3) is 0 Å². The molecule has 1 aliphatic heterocycles. The summed E-state index contributed by atoms with van der Waals surface area (Å²) in [5.74, 6) is 0. The van der Waals surface area contributed by atoms with Crippen LogP contribution in [0.1, 0.15) is 43.7 Å². The Hall–Kier alpha value is -1.59. The van der Waals surface area contributed by atoms with Crippen LogP contribution in [0, 0.1) is 0 Å². The van der Waals surface area contributed by atoms with Crippen molar-refractivity contribution in [2.75, 3.05) is 26.7 Å². The SMILES string of the molecule is CC(O)CN(C)C(=O)NCc1ccc(CN2CCCCCC2)cc1. The summed E-state index contributed by atoms with van der Waals surface area (Å²) in [7, 11) is 1.69. The van der Waals surface area contributed by atoms with Crippen LogP contribution in [-0.4, -0.2) is 53.7 Å². The van der Waals surface area contributed by atoms with Crippen LogP contribution in [0.25, 0.3) is 0 Å². The third-order valence-electron chi connectivity index (χ3n) is 4.46. The third-order valence-corrected chi connectivity index (χ3v) is 4.46. The predicted molar refractivity (Wildman–Crippen MR) is 96.7 cm³/mol. The van der Waals surface area contributed by atoms with Gasteiger partial charge in [-0.05, 0) is 44.0 Å². The Morgan fingerprint density at radius 2 is 1.75 bits per heavy atom. The summed E-state index contributed by atoms with van der Waals surface area (Å²) in [5.41, 5.74) is 2.42. The molecule has 0 radical (unpaired) electrons. The van der Waals surface area contributed by atoms with Gasteiger partial charge in [-0.15, -0.1) is 0 Å². The number of benzene rings is 1. The fourth-order valence-electron chi connectivity index (χ4n) is 3.11. The van der Waals surface area contributed by atoms with E-state index in [0.29, 0.717) is 13.1 Å². The first-order valence-corrected chi connectivity index (χ1v) is 9.02. The lowest BCUT2D eigenvalue weighted by Gasteiger charge is -2.20. The van der Waals surface area contributed by atoms with Crippen LogP contribution >= 0.6 is 0 Å². The summed E-state index contributed by atoms with van der Waals surface area (Å²) < 4.78 is 0. The van der Waals surface area contributed by atoms with Crippen molar-refractivity contribution in [3.05, 3.63) is 35.4 Å². The summed E-state index contributed by atoms with van der Waals surface area (Å²) in [6, 6.07) is 8.33. The number of likely N-dealkylation sites (tertiary alicyclic amines) is 1. The summed E-state index contributed by atoms with van der Waals surface area (Å²) in [5, 5.41) is 12.2. The number of aliphatic hydroxyl groups is 1. The van der Waals surface area contributed by atoms with Crippen molar-refractivity contribution in [2.45, 2.75) is 51.8 Å². The molecule has 134 valence electrons. The molecule has 5 nitrogen and oxygen atoms in total. The molecule has 1 aromatic rings. The van der Waals surface area contributed by atoms with Crippen LogP contribution in [0.4, 0.5) is 4.79 Å². The smallest absolute Gasteiger partial charge is 0.317 e. The van der Waals surface area contributed by atoms with Gasteiger partial charge in [-0.3, -0.25) is 4.90 Å². The van der Waals surface area contributed by atoms with Gasteiger partial charge in [-0.25, -0.2) is 4.79 Å². The summed E-state index contributed by atoms with van der Waals surface area (Å²) in [6.07, 6.45) is 4.82. The minimum atomic E-state index is -0.515. The molecule has 1 aliphatic rings. The quantitative estimate of drug-likeness (QED) is 0.841. The Bertz CT molecular complexity index is 494. The molecule has 0 spiro atoms. The zero-order valence-electron chi connectivity index (χ0n) is 15.0. The molecule has 1 fully saturated rings. The van der Waals surface area contributed by atoms with Gasteiger partial charge in [-0.1, -0.05) is 37.1 Å². The fraction of sp³-hybridized carbons (Fsp3) is 0.632. The molecule has 1 unspecified atom stereocenters. The normalized spacial score (nSPS) is 17.1. The number of hydrogen-bond donors (Lipinski definition) is 2. The number of aliphatic hydroxyl groups excluding tert-OH is 1. The number of rotatable bonds is 6. The number of nitrogens with one attached hydrogen (secondary N) is 1. The maximum Gasteiger partial charge on any atom is 0.317 e. The average molecular weight is 333 g/mol. The molecule has 1 saturated heterocycles. The van der Waals surface area contributed by atoms with E-state index in [1.807, 2.05) is 0 Å². The lowest BCUT2D eigenvalue weighted by atomic mass is 10.1. The van der Waals surface area contributed by atoms with Crippen LogP contribution < -0.4 is 5.32 Å². The van der Waals surface area contributed by atoms with Crippen LogP contribution in [0.5, 0.6) is 0 Å². The van der Waals surface area contributed by atoms with Gasteiger partial charge in [0.05, 0.1) is 6.10 Å². The summed E-state index contributed by atoms with van der Waals surface area (Å²) >= 11 is 0. The van der Waals surface area contributed by atoms with Crippen molar-refractivity contribution in [2.24, 2.45) is 0 Å². The van der Waals surface area contributed by atoms with Crippen molar-refractivity contribution < 1.29 is 9.90 Å². The maximum atomic E-state index is 11.9. The Balaban J connectivity index is 1.78. The number of carbonyl (C=O) groups excluding carboxylic acids is 1. The largest absolute Gasteiger partial charge is 0.392 e. The lowest BCUT2D eigenvalue weighted by molar-refractivity contribution is 0.143. The third kappa shape index (κ3) is 6.49. The van der Waals surface area contributed by atoms with Crippen molar-refractivity contribution in [3.63, 3.8) is 0 Å². The molecule has 2 rings (SSSR count). The van der Waals surface area contributed by atoms with Crippen LogP contribution in [0.3, 0.4) is 0 Å². The monoisotopic (exact) mass is 333 g/mol. The zero-order valence-corrected chi connectivity index (χ0v) is 15.0. The molecule has 0 bridgehead atoms. The highest BCUT2D eigenvalue weighted by atomic mass is 16.3. The highest BCUT2D eigenvalue weighted by molar-refractivity contribution is 5.73. The molecule has 1 atom stereocenters. The molecule has 0 aliphatic carbocycles. The Labute approximate surface area is 145 Å². The molecule has 0 saturated carbocycles. The van der Waals surface area contributed by atoms with E-state index in [1.165, 1.54) is 49.2 Å². The van der Waals surface area contributed by atoms with Gasteiger partial charge < -0.3 is 15.3 Å². The number of carbonyl (C=O) groups is 1. The van der Waals surface area contributed by atoms with E-state index in [-0.39, 0.29) is 6.03 Å². The van der Waals surface area contributed by atoms with Gasteiger partial charge in [0.1, 0.15) is 0 Å². The second kappa shape index (κ2) is 9.64. The number of urea groups is 1. The van der Waals surface area contributed by atoms with E-state index in [0.717, 1.165) is 12.1 Å². The predicted octanol–water partition coefficient (Wildman–Crippen LogP) is 2.58. The van der Waals surface area contributed by atoms with E-state index in [1.54, 1.807) is 14.0 Å². The van der Waals surface area contributed by atoms with E-state index in [9.17, 15) is 9.90 Å². The maximum absolute atomic E-state index is 11.9. The topological polar surface area (TPSA) is 55.8 Å². The van der Waals surface area contributed by atoms with Crippen LogP contribution in [0.15, 0.2) is 24.3 Å². The molecule has 24 heavy (non-hydrogen) atoms. The van der Waals surface area contributed by atoms with E-state index < -0.39 is 6.10 Å². The van der Waals surface area contributed by atoms with E-state index in [4.69, 9.17) is 0 Å². The number of amides is 2. The summed E-state index contributed by atoms with van der Waals surface area (Å²) in [6.45, 7) is 5.94. The van der Waals surface area contributed by atoms with Crippen molar-refractivity contribution in [3.8, 4) is 0 Å². The van der Waals surface area contributed by atoms with Gasteiger partial charge in [0, 0.05) is 26.7 Å². The van der Waals surface area contributed by atoms with Crippen molar-refractivity contribution >= 4 is 6.03 Å². The Morgan fingerprint density at radius 1 is 1.17 bits per heavy atom. The van der Waals surface area contributed by atoms with Crippen LogP contribution in [-0.2, 0) is 13.1 Å². The molecule has 1 heterocycles. The fourth-order valence-corrected chi connectivity index (χ4v) is 3.11. The first-order chi connectivity index (χ1) is 11.5. The Kier molecular flexibility index (Phi) is 7.53. The minimum absolute atomic E-state index is 0.162. The average Bonchev–Trinajstić information content (AvgIpc) is 2.82. The zero-order chi connectivity index (χ0) is 17.4. The minimum Gasteiger partial charge on any atom is -0.392 e. The second-order valence-electron chi connectivity index (χ2n) is 6.90. The highest BCUT2D eigenvalue weighted by Crippen LogP contribution is 2.14. The van der Waals surface area contributed by atoms with Gasteiger partial charge in [0.15, 0.2) is 0 Å². The Morgan fingerprint density at radius 3 is 2.33 bits per heavy atom. The van der Waals surface area contributed by atoms with E-state index >= 15 is 0 Å². The summed E-state index contributed by atoms with van der Waals surface area (Å²) in [4.78, 5) is 15.9. The van der Waals surface area contributed by atoms with Gasteiger partial charge in [0.2, 0.25) is 0 Å². The van der Waals surface area contributed by atoms with Crippen LogP contribution in [0.2, 0.25) is 0 Å². The number of likely N-dealkylation sites (N-methyl/N-ethyl adjacent to an activating group) is 1. The van der Waals surface area contributed by atoms with Crippen molar-refractivity contribution in [1.82, 2.24) is 15.1 Å². The standard InChI is InChI=1S/C19H31N3O2/c1-16(23)14-21(2)19(24)20-13-17-7-9-18(10-8-17)15-22-11-5-3-4-6-12-22/h7-10,16,23H,3-6,11-15H2,1-2H3,(H,20,24). The van der Waals surface area contributed by atoms with E-state index in [2.05, 4.69) is 34.5 Å². The molecule has 1 aromatic carbocycles. The molecule has 2 N–H and O–H groups in total.